The predicted molar refractivity (Wildman–Crippen MR) is 105 cm³/mol. The summed E-state index contributed by atoms with van der Waals surface area (Å²) in [4.78, 5) is 4.52. The van der Waals surface area contributed by atoms with Crippen molar-refractivity contribution in [2.75, 3.05) is 13.1 Å². The van der Waals surface area contributed by atoms with Gasteiger partial charge in [0.2, 0.25) is 0 Å². The lowest BCUT2D eigenvalue weighted by Gasteiger charge is -2.11. The summed E-state index contributed by atoms with van der Waals surface area (Å²) in [6.07, 6.45) is 0.583. The fourth-order valence-corrected chi connectivity index (χ4v) is 2.64. The second-order valence-electron chi connectivity index (χ2n) is 6.01. The Morgan fingerprint density at radius 2 is 1.85 bits per heavy atom. The highest BCUT2D eigenvalue weighted by Gasteiger charge is 2.07. The fraction of sp³-hybridized carbons (Fsp3) is 0.238. The predicted octanol–water partition coefficient (Wildman–Crippen LogP) is 3.78. The summed E-state index contributed by atoms with van der Waals surface area (Å²) in [5.74, 6) is 1.20. The average Bonchev–Trinajstić information content (AvgIpc) is 3.17. The Morgan fingerprint density at radius 1 is 1.07 bits per heavy atom. The first kappa shape index (κ1) is 18.6. The van der Waals surface area contributed by atoms with Crippen molar-refractivity contribution in [2.24, 2.45) is 4.99 Å². The molecule has 0 aliphatic carbocycles. The molecule has 0 aliphatic rings. The average molecular weight is 366 g/mol. The van der Waals surface area contributed by atoms with Gasteiger partial charge in [-0.05, 0) is 25.0 Å². The third-order valence-corrected chi connectivity index (χ3v) is 4.01. The van der Waals surface area contributed by atoms with Crippen LogP contribution in [0.2, 0.25) is 0 Å². The molecule has 0 fully saturated rings. The van der Waals surface area contributed by atoms with Crippen molar-refractivity contribution in [3.8, 4) is 11.3 Å². The lowest BCUT2D eigenvalue weighted by Crippen LogP contribution is -2.38. The molecule has 0 amide bonds. The van der Waals surface area contributed by atoms with Crippen LogP contribution in [0.1, 0.15) is 18.2 Å². The summed E-state index contributed by atoms with van der Waals surface area (Å²) >= 11 is 0. The third-order valence-electron chi connectivity index (χ3n) is 4.01. The summed E-state index contributed by atoms with van der Waals surface area (Å²) in [5.41, 5.74) is 2.42. The van der Waals surface area contributed by atoms with E-state index in [9.17, 15) is 4.39 Å². The molecule has 0 unspecified atom stereocenters. The Bertz CT molecular complexity index is 877. The second kappa shape index (κ2) is 9.52. The standard InChI is InChI=1S/C21H23FN4O/c1-2-23-21(24-13-12-16-8-6-7-11-19(16)22)25-15-18-14-20(27-26-18)17-9-4-3-5-10-17/h3-11,14H,2,12-13,15H2,1H3,(H2,23,24,25). The maximum absolute atomic E-state index is 13.7. The molecule has 0 aliphatic heterocycles. The fourth-order valence-electron chi connectivity index (χ4n) is 2.64. The monoisotopic (exact) mass is 366 g/mol. The molecule has 0 atom stereocenters. The van der Waals surface area contributed by atoms with E-state index < -0.39 is 0 Å². The summed E-state index contributed by atoms with van der Waals surface area (Å²) in [6, 6.07) is 18.5. The molecule has 27 heavy (non-hydrogen) atoms. The van der Waals surface area contributed by atoms with Gasteiger partial charge in [-0.3, -0.25) is 0 Å². The normalized spacial score (nSPS) is 11.4. The topological polar surface area (TPSA) is 62.5 Å². The summed E-state index contributed by atoms with van der Waals surface area (Å²) < 4.78 is 19.1. The van der Waals surface area contributed by atoms with Crippen molar-refractivity contribution in [3.63, 3.8) is 0 Å². The van der Waals surface area contributed by atoms with Crippen molar-refractivity contribution in [2.45, 2.75) is 19.9 Å². The zero-order valence-corrected chi connectivity index (χ0v) is 15.3. The van der Waals surface area contributed by atoms with Gasteiger partial charge in [-0.2, -0.15) is 0 Å². The largest absolute Gasteiger partial charge is 0.357 e. The zero-order valence-electron chi connectivity index (χ0n) is 15.3. The third kappa shape index (κ3) is 5.41. The van der Waals surface area contributed by atoms with E-state index in [4.69, 9.17) is 4.52 Å². The summed E-state index contributed by atoms with van der Waals surface area (Å²) in [6.45, 7) is 3.71. The molecule has 6 heteroatoms. The summed E-state index contributed by atoms with van der Waals surface area (Å²) in [5, 5.41) is 10.5. The van der Waals surface area contributed by atoms with E-state index >= 15 is 0 Å². The summed E-state index contributed by atoms with van der Waals surface area (Å²) in [7, 11) is 0. The van der Waals surface area contributed by atoms with Crippen molar-refractivity contribution in [1.29, 1.82) is 0 Å². The van der Waals surface area contributed by atoms with Gasteiger partial charge in [0.25, 0.3) is 0 Å². The maximum atomic E-state index is 13.7. The highest BCUT2D eigenvalue weighted by molar-refractivity contribution is 5.79. The van der Waals surface area contributed by atoms with Crippen molar-refractivity contribution < 1.29 is 8.91 Å². The Morgan fingerprint density at radius 3 is 2.63 bits per heavy atom. The van der Waals surface area contributed by atoms with Gasteiger partial charge in [-0.15, -0.1) is 0 Å². The molecule has 1 aromatic heterocycles. The SMILES string of the molecule is CCNC(=NCc1cc(-c2ccccc2)on1)NCCc1ccccc1F. The smallest absolute Gasteiger partial charge is 0.191 e. The number of nitrogens with zero attached hydrogens (tertiary/aromatic N) is 2. The van der Waals surface area contributed by atoms with Crippen molar-refractivity contribution in [1.82, 2.24) is 15.8 Å². The number of hydrogen-bond acceptors (Lipinski definition) is 3. The zero-order chi connectivity index (χ0) is 18.9. The van der Waals surface area contributed by atoms with E-state index in [-0.39, 0.29) is 5.82 Å². The van der Waals surface area contributed by atoms with Crippen LogP contribution in [0.3, 0.4) is 0 Å². The van der Waals surface area contributed by atoms with E-state index in [0.717, 1.165) is 23.6 Å². The molecular formula is C21H23FN4O. The van der Waals surface area contributed by atoms with Crippen LogP contribution >= 0.6 is 0 Å². The number of hydrogen-bond donors (Lipinski definition) is 2. The first-order valence-electron chi connectivity index (χ1n) is 9.03. The highest BCUT2D eigenvalue weighted by atomic mass is 19.1. The van der Waals surface area contributed by atoms with Gasteiger partial charge in [0.05, 0.1) is 6.54 Å². The van der Waals surface area contributed by atoms with Crippen LogP contribution < -0.4 is 10.6 Å². The maximum Gasteiger partial charge on any atom is 0.191 e. The van der Waals surface area contributed by atoms with Crippen LogP contribution in [0.4, 0.5) is 4.39 Å². The molecule has 0 saturated carbocycles. The molecule has 1 heterocycles. The molecule has 0 spiro atoms. The van der Waals surface area contributed by atoms with Gasteiger partial charge in [0, 0.05) is 24.7 Å². The van der Waals surface area contributed by atoms with Crippen LogP contribution in [0.5, 0.6) is 0 Å². The molecular weight excluding hydrogens is 343 g/mol. The van der Waals surface area contributed by atoms with Crippen LogP contribution in [-0.4, -0.2) is 24.2 Å². The van der Waals surface area contributed by atoms with Gasteiger partial charge in [0.1, 0.15) is 11.5 Å². The number of nitrogens with one attached hydrogen (secondary N) is 2. The quantitative estimate of drug-likeness (QED) is 0.493. The number of benzene rings is 2. The molecule has 0 radical (unpaired) electrons. The number of halogens is 1. The number of rotatable bonds is 7. The van der Waals surface area contributed by atoms with Gasteiger partial charge in [-0.1, -0.05) is 53.7 Å². The molecule has 2 aromatic carbocycles. The molecule has 3 aromatic rings. The first-order chi connectivity index (χ1) is 13.3. The van der Waals surface area contributed by atoms with Gasteiger partial charge >= 0.3 is 0 Å². The molecule has 140 valence electrons. The van der Waals surface area contributed by atoms with Gasteiger partial charge in [0.15, 0.2) is 11.7 Å². The second-order valence-corrected chi connectivity index (χ2v) is 6.01. The molecule has 3 rings (SSSR count). The van der Waals surface area contributed by atoms with Gasteiger partial charge < -0.3 is 15.2 Å². The minimum absolute atomic E-state index is 0.183. The number of aromatic nitrogens is 1. The van der Waals surface area contributed by atoms with E-state index in [0.29, 0.717) is 31.0 Å². The molecule has 0 saturated heterocycles. The first-order valence-corrected chi connectivity index (χ1v) is 9.03. The van der Waals surface area contributed by atoms with E-state index in [2.05, 4.69) is 20.8 Å². The van der Waals surface area contributed by atoms with E-state index in [1.54, 1.807) is 12.1 Å². The molecule has 2 N–H and O–H groups in total. The van der Waals surface area contributed by atoms with Gasteiger partial charge in [-0.25, -0.2) is 9.38 Å². The lowest BCUT2D eigenvalue weighted by molar-refractivity contribution is 0.424. The number of aliphatic imine (C=N–C) groups is 1. The Kier molecular flexibility index (Phi) is 6.57. The minimum atomic E-state index is -0.183. The van der Waals surface area contributed by atoms with Crippen LogP contribution in [0.15, 0.2) is 70.2 Å². The highest BCUT2D eigenvalue weighted by Crippen LogP contribution is 2.19. The van der Waals surface area contributed by atoms with Crippen LogP contribution in [-0.2, 0) is 13.0 Å². The minimum Gasteiger partial charge on any atom is -0.357 e. The molecule has 0 bridgehead atoms. The Hall–Kier alpha value is -3.15. The Labute approximate surface area is 158 Å². The van der Waals surface area contributed by atoms with Crippen LogP contribution in [0, 0.1) is 5.82 Å². The lowest BCUT2D eigenvalue weighted by atomic mass is 10.1. The number of guanidine groups is 1. The van der Waals surface area contributed by atoms with E-state index in [1.807, 2.05) is 49.4 Å². The molecule has 5 nitrogen and oxygen atoms in total. The van der Waals surface area contributed by atoms with Crippen molar-refractivity contribution in [3.05, 3.63) is 77.7 Å². The Balaban J connectivity index is 1.57. The van der Waals surface area contributed by atoms with Crippen LogP contribution in [0.25, 0.3) is 11.3 Å². The van der Waals surface area contributed by atoms with Crippen molar-refractivity contribution >= 4 is 5.96 Å². The van der Waals surface area contributed by atoms with E-state index in [1.165, 1.54) is 6.07 Å².